The lowest BCUT2D eigenvalue weighted by Crippen LogP contribution is -2.71. The number of hydrogen-bond acceptors (Lipinski definition) is 13. The summed E-state index contributed by atoms with van der Waals surface area (Å²) in [6, 6.07) is 1.92. The molecule has 3 amide bonds. The lowest BCUT2D eigenvalue weighted by Gasteiger charge is -2.50. The van der Waals surface area contributed by atoms with Gasteiger partial charge in [0.15, 0.2) is 24.1 Å². The Balaban J connectivity index is 1.51. The number of fused-ring (bicyclic) bond motifs is 1. The zero-order valence-corrected chi connectivity index (χ0v) is 21.7. The molecule has 5 N–H and O–H groups in total. The van der Waals surface area contributed by atoms with Crippen LogP contribution in [0.2, 0.25) is 0 Å². The van der Waals surface area contributed by atoms with Gasteiger partial charge in [-0.05, 0) is 13.0 Å². The van der Waals surface area contributed by atoms with Crippen LogP contribution in [-0.4, -0.2) is 78.5 Å². The van der Waals surface area contributed by atoms with Crippen LogP contribution in [0.5, 0.6) is 0 Å². The van der Waals surface area contributed by atoms with Gasteiger partial charge in [-0.3, -0.25) is 19.3 Å². The summed E-state index contributed by atoms with van der Waals surface area (Å²) in [4.78, 5) is 70.2. The molecule has 2 aliphatic heterocycles. The minimum Gasteiger partial charge on any atom is -0.543 e. The van der Waals surface area contributed by atoms with Crippen molar-refractivity contribution in [3.63, 3.8) is 0 Å². The average Bonchev–Trinajstić information content (AvgIpc) is 3.32. The molecule has 2 atom stereocenters. The van der Waals surface area contributed by atoms with E-state index in [9.17, 15) is 29.1 Å². The molecule has 1 fully saturated rings. The van der Waals surface area contributed by atoms with Gasteiger partial charge in [0.25, 0.3) is 11.8 Å². The number of aliphatic carboxylic acids is 2. The summed E-state index contributed by atoms with van der Waals surface area (Å²) in [7, 11) is 0. The van der Waals surface area contributed by atoms with Crippen molar-refractivity contribution < 1.29 is 43.6 Å². The van der Waals surface area contributed by atoms with Crippen LogP contribution in [0.25, 0.3) is 0 Å². The highest BCUT2D eigenvalue weighted by Gasteiger charge is 2.53. The average molecular weight is 577 g/mol. The second-order valence-corrected chi connectivity index (χ2v) is 9.83. The standard InChI is InChI=1S/C21H20N8O8S2/c1-2-37-26-11(14-25-21(22)39-27-14)15(30)24-12-17(32)29-13(19(33)34)9(8-38-18(12)29)6-28-5-3-4-10(7-28)23-16(31)20(35)36/h3-5,7,12,18H,2,6,8H2,1H3,(H5-,22,23,24,25,27,30,31,33,34,35,36)/t12?,18-/m1/s1. The first kappa shape index (κ1) is 27.5. The molecule has 0 aliphatic carbocycles. The van der Waals surface area contributed by atoms with Gasteiger partial charge < -0.3 is 36.2 Å². The van der Waals surface area contributed by atoms with Crippen molar-refractivity contribution in [1.82, 2.24) is 19.6 Å². The number of carboxylic acids is 2. The number of β-lactam (4-membered cyclic amide) rings is 1. The van der Waals surface area contributed by atoms with Crippen LogP contribution in [0, 0.1) is 0 Å². The Morgan fingerprint density at radius 2 is 2.13 bits per heavy atom. The maximum atomic E-state index is 13.0. The highest BCUT2D eigenvalue weighted by molar-refractivity contribution is 8.00. The van der Waals surface area contributed by atoms with E-state index in [0.29, 0.717) is 5.57 Å². The lowest BCUT2D eigenvalue weighted by atomic mass is 10.0. The van der Waals surface area contributed by atoms with Crippen molar-refractivity contribution in [2.75, 3.05) is 23.4 Å². The summed E-state index contributed by atoms with van der Waals surface area (Å²) in [5.74, 6) is -5.87. The van der Waals surface area contributed by atoms with Gasteiger partial charge in [-0.1, -0.05) is 5.16 Å². The van der Waals surface area contributed by atoms with Crippen molar-refractivity contribution in [2.24, 2.45) is 5.16 Å². The van der Waals surface area contributed by atoms with Gasteiger partial charge >= 0.3 is 11.9 Å². The van der Waals surface area contributed by atoms with E-state index in [0.717, 1.165) is 16.4 Å². The number of oxime groups is 1. The molecule has 2 aromatic rings. The number of carbonyl (C=O) groups is 5. The van der Waals surface area contributed by atoms with Gasteiger partial charge in [-0.15, -0.1) is 11.8 Å². The third kappa shape index (κ3) is 5.80. The van der Waals surface area contributed by atoms with Crippen molar-refractivity contribution in [2.45, 2.75) is 24.9 Å². The molecule has 0 saturated carbocycles. The first-order valence-corrected chi connectivity index (χ1v) is 12.9. The van der Waals surface area contributed by atoms with Crippen LogP contribution in [-0.2, 0) is 35.4 Å². The van der Waals surface area contributed by atoms with Crippen LogP contribution in [0.3, 0.4) is 0 Å². The zero-order chi connectivity index (χ0) is 28.3. The number of pyridine rings is 1. The number of anilines is 2. The molecule has 0 spiro atoms. The maximum absolute atomic E-state index is 13.0. The number of carboxylic acid groups (broad SMARTS) is 2. The van der Waals surface area contributed by atoms with E-state index in [1.54, 1.807) is 13.1 Å². The van der Waals surface area contributed by atoms with Crippen molar-refractivity contribution >= 4 is 69.5 Å². The molecule has 0 radical (unpaired) electrons. The first-order valence-electron chi connectivity index (χ1n) is 11.1. The number of amides is 3. The second kappa shape index (κ2) is 11.4. The van der Waals surface area contributed by atoms with E-state index in [-0.39, 0.29) is 47.0 Å². The molecule has 4 rings (SSSR count). The van der Waals surface area contributed by atoms with E-state index >= 15 is 0 Å². The number of thioether (sulfide) groups is 1. The molecular formula is C21H20N8O8S2. The van der Waals surface area contributed by atoms with Gasteiger partial charge in [0.1, 0.15) is 23.7 Å². The molecule has 0 aromatic carbocycles. The number of nitrogen functional groups attached to an aromatic ring is 1. The fourth-order valence-electron chi connectivity index (χ4n) is 3.75. The van der Waals surface area contributed by atoms with Crippen LogP contribution >= 0.6 is 23.3 Å². The van der Waals surface area contributed by atoms with Gasteiger partial charge in [-0.2, -0.15) is 13.9 Å². The molecular weight excluding hydrogens is 556 g/mol. The van der Waals surface area contributed by atoms with Crippen LogP contribution in [0.15, 0.2) is 41.0 Å². The van der Waals surface area contributed by atoms with E-state index < -0.39 is 41.1 Å². The van der Waals surface area contributed by atoms with Crippen LogP contribution in [0.1, 0.15) is 12.7 Å². The Labute approximate surface area is 227 Å². The molecule has 0 bridgehead atoms. The third-order valence-electron chi connectivity index (χ3n) is 5.36. The molecule has 2 aromatic heterocycles. The van der Waals surface area contributed by atoms with E-state index in [2.05, 4.69) is 25.1 Å². The van der Waals surface area contributed by atoms with Crippen LogP contribution in [0.4, 0.5) is 10.8 Å². The summed E-state index contributed by atoms with van der Waals surface area (Å²) in [6.45, 7) is 1.81. The lowest BCUT2D eigenvalue weighted by molar-refractivity contribution is -0.688. The highest BCUT2D eigenvalue weighted by Crippen LogP contribution is 2.40. The Bertz CT molecular complexity index is 1420. The third-order valence-corrected chi connectivity index (χ3v) is 7.25. The normalized spacial score (nSPS) is 18.6. The molecule has 39 heavy (non-hydrogen) atoms. The number of hydrogen-bond donors (Lipinski definition) is 4. The Morgan fingerprint density at radius 3 is 2.77 bits per heavy atom. The Morgan fingerprint density at radius 1 is 1.36 bits per heavy atom. The fourth-order valence-corrected chi connectivity index (χ4v) is 5.52. The summed E-state index contributed by atoms with van der Waals surface area (Å²) in [6.07, 6.45) is 2.99. The number of carbonyl (C=O) groups excluding carboxylic acids is 4. The highest BCUT2D eigenvalue weighted by atomic mass is 32.2. The summed E-state index contributed by atoms with van der Waals surface area (Å²) < 4.78 is 5.46. The Hall–Kier alpha value is -4.58. The molecule has 1 saturated heterocycles. The zero-order valence-electron chi connectivity index (χ0n) is 20.0. The molecule has 204 valence electrons. The molecule has 18 heteroatoms. The quantitative estimate of drug-likeness (QED) is 0.0783. The van der Waals surface area contributed by atoms with Gasteiger partial charge in [0.2, 0.25) is 11.5 Å². The molecule has 4 heterocycles. The molecule has 2 aliphatic rings. The largest absolute Gasteiger partial charge is 0.543 e. The summed E-state index contributed by atoms with van der Waals surface area (Å²) in [5, 5.41) is 28.7. The van der Waals surface area contributed by atoms with Gasteiger partial charge in [0, 0.05) is 28.9 Å². The van der Waals surface area contributed by atoms with Crippen LogP contribution < -0.4 is 26.0 Å². The number of rotatable bonds is 9. The number of aromatic nitrogens is 3. The molecule has 16 nitrogen and oxygen atoms in total. The van der Waals surface area contributed by atoms with Crippen molar-refractivity contribution in [1.29, 1.82) is 0 Å². The van der Waals surface area contributed by atoms with Gasteiger partial charge in [0.05, 0.1) is 11.7 Å². The second-order valence-electron chi connectivity index (χ2n) is 7.94. The van der Waals surface area contributed by atoms with Gasteiger partial charge in [-0.25, -0.2) is 4.79 Å². The smallest absolute Gasteiger partial charge is 0.394 e. The fraction of sp³-hybridized carbons (Fsp3) is 0.286. The predicted molar refractivity (Wildman–Crippen MR) is 132 cm³/mol. The summed E-state index contributed by atoms with van der Waals surface area (Å²) in [5.41, 5.74) is 5.47. The van der Waals surface area contributed by atoms with E-state index in [1.807, 2.05) is 0 Å². The number of nitrogens with two attached hydrogens (primary N) is 1. The SMILES string of the molecule is CCON=C(C(=O)NC1C(=O)N2C(C(=O)[O-])=C(C[n+]3cccc(NC(=O)C(=O)O)c3)CS[C@H]12)c1nsc(N)n1. The minimum absolute atomic E-state index is 0.00268. The maximum Gasteiger partial charge on any atom is 0.394 e. The predicted octanol–water partition coefficient (Wildman–Crippen LogP) is -2.72. The topological polar surface area (TPSA) is 233 Å². The number of nitrogens with one attached hydrogen (secondary N) is 2. The Kier molecular flexibility index (Phi) is 8.05. The summed E-state index contributed by atoms with van der Waals surface area (Å²) >= 11 is 2.07. The first-order chi connectivity index (χ1) is 18.6. The number of nitrogens with zero attached hydrogens (tertiary/aromatic N) is 5. The van der Waals surface area contributed by atoms with Crippen molar-refractivity contribution in [3.8, 4) is 0 Å². The monoisotopic (exact) mass is 576 g/mol. The van der Waals surface area contributed by atoms with E-state index in [4.69, 9.17) is 15.7 Å². The minimum atomic E-state index is -1.66. The molecule has 1 unspecified atom stereocenters. The van der Waals surface area contributed by atoms with E-state index in [1.165, 1.54) is 34.7 Å². The van der Waals surface area contributed by atoms with Crippen molar-refractivity contribution in [3.05, 3.63) is 41.6 Å².